The van der Waals surface area contributed by atoms with Crippen LogP contribution in [0.2, 0.25) is 0 Å². The number of carbonyl (C=O) groups excluding carboxylic acids is 1. The van der Waals surface area contributed by atoms with E-state index in [1.807, 2.05) is 0 Å². The van der Waals surface area contributed by atoms with Gasteiger partial charge in [-0.05, 0) is 25.1 Å². The zero-order valence-electron chi connectivity index (χ0n) is 10.7. The van der Waals surface area contributed by atoms with Crippen molar-refractivity contribution in [3.05, 3.63) is 29.8 Å². The molecule has 1 atom stereocenters. The van der Waals surface area contributed by atoms with Crippen LogP contribution in [0, 0.1) is 0 Å². The number of amides is 1. The molecule has 9 heteroatoms. The molecular formula is C11H13F3N2O3S. The maximum Gasteiger partial charge on any atom is 0.416 e. The van der Waals surface area contributed by atoms with Crippen LogP contribution in [0.25, 0.3) is 0 Å². The molecule has 1 rings (SSSR count). The van der Waals surface area contributed by atoms with E-state index in [1.165, 1.54) is 6.92 Å². The van der Waals surface area contributed by atoms with Gasteiger partial charge in [0.2, 0.25) is 15.9 Å². The topological polar surface area (TPSA) is 80.5 Å². The van der Waals surface area contributed by atoms with Crippen LogP contribution in [0.4, 0.5) is 18.9 Å². The lowest BCUT2D eigenvalue weighted by molar-refractivity contribution is -0.137. The van der Waals surface area contributed by atoms with Gasteiger partial charge in [-0.3, -0.25) is 9.10 Å². The van der Waals surface area contributed by atoms with Crippen molar-refractivity contribution in [3.63, 3.8) is 0 Å². The largest absolute Gasteiger partial charge is 0.416 e. The molecule has 0 radical (unpaired) electrons. The molecule has 0 spiro atoms. The number of sulfonamides is 1. The minimum atomic E-state index is -4.62. The third kappa shape index (κ3) is 3.62. The van der Waals surface area contributed by atoms with E-state index in [1.54, 1.807) is 0 Å². The molecule has 2 N–H and O–H groups in total. The Hall–Kier alpha value is -1.77. The standard InChI is InChI=1S/C11H13F3N2O3S/c1-7(10(15)17)16(20(2,18)19)9-5-3-4-8(6-9)11(12,13)14/h3-7H,1-2H3,(H2,15,17)/t7-/m1/s1. The predicted octanol–water partition coefficient (Wildman–Crippen LogP) is 1.35. The average Bonchev–Trinajstić information content (AvgIpc) is 2.26. The van der Waals surface area contributed by atoms with Crippen LogP contribution in [-0.2, 0) is 21.0 Å². The molecular weight excluding hydrogens is 297 g/mol. The van der Waals surface area contributed by atoms with Crippen molar-refractivity contribution < 1.29 is 26.4 Å². The molecule has 5 nitrogen and oxygen atoms in total. The van der Waals surface area contributed by atoms with Crippen molar-refractivity contribution in [3.8, 4) is 0 Å². The van der Waals surface area contributed by atoms with E-state index >= 15 is 0 Å². The van der Waals surface area contributed by atoms with Crippen LogP contribution in [0.1, 0.15) is 12.5 Å². The molecule has 0 aromatic heterocycles. The minimum absolute atomic E-state index is 0.270. The van der Waals surface area contributed by atoms with E-state index in [9.17, 15) is 26.4 Å². The van der Waals surface area contributed by atoms with Gasteiger partial charge in [-0.25, -0.2) is 8.42 Å². The smallest absolute Gasteiger partial charge is 0.368 e. The van der Waals surface area contributed by atoms with Gasteiger partial charge < -0.3 is 5.73 Å². The molecule has 1 aromatic carbocycles. The monoisotopic (exact) mass is 310 g/mol. The van der Waals surface area contributed by atoms with E-state index in [-0.39, 0.29) is 5.69 Å². The summed E-state index contributed by atoms with van der Waals surface area (Å²) < 4.78 is 61.8. The number of alkyl halides is 3. The number of benzene rings is 1. The van der Waals surface area contributed by atoms with Crippen molar-refractivity contribution in [1.82, 2.24) is 0 Å². The maximum absolute atomic E-state index is 12.6. The molecule has 0 fully saturated rings. The van der Waals surface area contributed by atoms with Crippen LogP contribution in [-0.4, -0.2) is 26.6 Å². The number of nitrogens with zero attached hydrogens (tertiary/aromatic N) is 1. The number of anilines is 1. The molecule has 112 valence electrons. The van der Waals surface area contributed by atoms with Crippen molar-refractivity contribution in [2.24, 2.45) is 5.73 Å². The van der Waals surface area contributed by atoms with E-state index in [0.29, 0.717) is 10.4 Å². The lowest BCUT2D eigenvalue weighted by Crippen LogP contribution is -2.46. The SMILES string of the molecule is C[C@H](C(N)=O)N(c1cccc(C(F)(F)F)c1)S(C)(=O)=O. The maximum atomic E-state index is 12.6. The highest BCUT2D eigenvalue weighted by atomic mass is 32.2. The predicted molar refractivity (Wildman–Crippen MR) is 67.4 cm³/mol. The summed E-state index contributed by atoms with van der Waals surface area (Å²) in [6.45, 7) is 1.20. The molecule has 20 heavy (non-hydrogen) atoms. The average molecular weight is 310 g/mol. The summed E-state index contributed by atoms with van der Waals surface area (Å²) >= 11 is 0. The number of primary amides is 1. The summed E-state index contributed by atoms with van der Waals surface area (Å²) in [7, 11) is -3.96. The van der Waals surface area contributed by atoms with Crippen molar-refractivity contribution in [2.75, 3.05) is 10.6 Å². The van der Waals surface area contributed by atoms with E-state index < -0.39 is 33.7 Å². The van der Waals surface area contributed by atoms with Gasteiger partial charge in [0.1, 0.15) is 6.04 Å². The van der Waals surface area contributed by atoms with Gasteiger partial charge >= 0.3 is 6.18 Å². The van der Waals surface area contributed by atoms with E-state index in [2.05, 4.69) is 0 Å². The molecule has 0 heterocycles. The van der Waals surface area contributed by atoms with E-state index in [4.69, 9.17) is 5.73 Å². The summed E-state index contributed by atoms with van der Waals surface area (Å²) in [5.74, 6) is -0.965. The van der Waals surface area contributed by atoms with Crippen LogP contribution in [0.3, 0.4) is 0 Å². The minimum Gasteiger partial charge on any atom is -0.368 e. The molecule has 0 aliphatic carbocycles. The highest BCUT2D eigenvalue weighted by Gasteiger charge is 2.33. The summed E-state index contributed by atoms with van der Waals surface area (Å²) in [5, 5.41) is 0. The van der Waals surface area contributed by atoms with Gasteiger partial charge in [0.15, 0.2) is 0 Å². The normalized spacial score (nSPS) is 13.8. The molecule has 0 saturated carbocycles. The second-order valence-corrected chi connectivity index (χ2v) is 6.04. The number of rotatable bonds is 4. The van der Waals surface area contributed by atoms with Crippen molar-refractivity contribution in [1.29, 1.82) is 0 Å². The van der Waals surface area contributed by atoms with Gasteiger partial charge in [0, 0.05) is 0 Å². The first kappa shape index (κ1) is 16.3. The molecule has 0 saturated heterocycles. The Kier molecular flexibility index (Phi) is 4.33. The Morgan fingerprint density at radius 1 is 1.35 bits per heavy atom. The highest BCUT2D eigenvalue weighted by molar-refractivity contribution is 7.92. The van der Waals surface area contributed by atoms with Crippen molar-refractivity contribution in [2.45, 2.75) is 19.1 Å². The first-order valence-corrected chi connectivity index (χ1v) is 7.25. The quantitative estimate of drug-likeness (QED) is 0.911. The highest BCUT2D eigenvalue weighted by Crippen LogP contribution is 2.32. The Labute approximate surface area is 114 Å². The van der Waals surface area contributed by atoms with Gasteiger partial charge in [0.25, 0.3) is 0 Å². The Bertz CT molecular complexity index is 614. The van der Waals surface area contributed by atoms with Gasteiger partial charge in [-0.2, -0.15) is 13.2 Å². The fraction of sp³-hybridized carbons (Fsp3) is 0.364. The Morgan fingerprint density at radius 3 is 2.30 bits per heavy atom. The van der Waals surface area contributed by atoms with Crippen LogP contribution < -0.4 is 10.0 Å². The molecule has 1 aromatic rings. The zero-order chi connectivity index (χ0) is 15.7. The van der Waals surface area contributed by atoms with Gasteiger partial charge in [0.05, 0.1) is 17.5 Å². The first-order valence-electron chi connectivity index (χ1n) is 5.40. The van der Waals surface area contributed by atoms with Crippen molar-refractivity contribution >= 4 is 21.6 Å². The number of hydrogen-bond acceptors (Lipinski definition) is 3. The fourth-order valence-corrected chi connectivity index (χ4v) is 2.81. The molecule has 0 aliphatic rings. The number of nitrogens with two attached hydrogens (primary N) is 1. The van der Waals surface area contributed by atoms with E-state index in [0.717, 1.165) is 24.5 Å². The Balaban J connectivity index is 3.40. The molecule has 0 aliphatic heterocycles. The summed E-state index contributed by atoms with van der Waals surface area (Å²) in [6, 6.07) is 2.38. The van der Waals surface area contributed by atoms with Gasteiger partial charge in [-0.1, -0.05) is 6.07 Å². The lowest BCUT2D eigenvalue weighted by Gasteiger charge is -2.27. The third-order valence-electron chi connectivity index (χ3n) is 2.55. The summed E-state index contributed by atoms with van der Waals surface area (Å²) in [4.78, 5) is 11.1. The van der Waals surface area contributed by atoms with Gasteiger partial charge in [-0.15, -0.1) is 0 Å². The zero-order valence-corrected chi connectivity index (χ0v) is 11.5. The molecule has 0 unspecified atom stereocenters. The lowest BCUT2D eigenvalue weighted by atomic mass is 10.2. The van der Waals surface area contributed by atoms with Crippen LogP contribution >= 0.6 is 0 Å². The Morgan fingerprint density at radius 2 is 1.90 bits per heavy atom. The fourth-order valence-electron chi connectivity index (χ4n) is 1.64. The third-order valence-corrected chi connectivity index (χ3v) is 3.79. The second kappa shape index (κ2) is 5.31. The van der Waals surface area contributed by atoms with Crippen LogP contribution in [0.5, 0.6) is 0 Å². The summed E-state index contributed by atoms with van der Waals surface area (Å²) in [6.07, 6.45) is -3.83. The number of hydrogen-bond donors (Lipinski definition) is 1. The summed E-state index contributed by atoms with van der Waals surface area (Å²) in [5.41, 5.74) is 3.74. The molecule has 0 bridgehead atoms. The second-order valence-electron chi connectivity index (χ2n) is 4.19. The first-order chi connectivity index (χ1) is 8.94. The number of carbonyl (C=O) groups is 1. The molecule has 1 amide bonds. The number of halogens is 3. The van der Waals surface area contributed by atoms with Crippen LogP contribution in [0.15, 0.2) is 24.3 Å².